The highest BCUT2D eigenvalue weighted by Gasteiger charge is 2.17. The smallest absolute Gasteiger partial charge is 0.225 e. The number of benzene rings is 2. The molecule has 6 heteroatoms. The molecule has 2 heterocycles. The molecule has 1 aromatic heterocycles. The van der Waals surface area contributed by atoms with E-state index in [2.05, 4.69) is 33.8 Å². The Labute approximate surface area is 163 Å². The van der Waals surface area contributed by atoms with Crippen molar-refractivity contribution < 1.29 is 4.79 Å². The van der Waals surface area contributed by atoms with Gasteiger partial charge >= 0.3 is 0 Å². The number of hydrogen-bond donors (Lipinski definition) is 2. The second-order valence-corrected chi connectivity index (χ2v) is 7.61. The molecule has 0 bridgehead atoms. The highest BCUT2D eigenvalue weighted by molar-refractivity contribution is 7.18. The number of amides is 1. The minimum absolute atomic E-state index is 0. The van der Waals surface area contributed by atoms with Crippen LogP contribution in [0.4, 0.5) is 5.69 Å². The number of anilines is 1. The molecule has 136 valence electrons. The number of para-hydroxylation sites is 1. The predicted octanol–water partition coefficient (Wildman–Crippen LogP) is 4.39. The standard InChI is InChI=1S/C20H21N3OS.ClH/c24-19(13-16-4-3-11-21-16)22-15-9-7-14(8-10-15)12-20-23-17-5-1-2-6-18(17)25-20;/h1-2,5-10,16,21H,3-4,11-13H2,(H,22,24);1H. The van der Waals surface area contributed by atoms with E-state index in [0.717, 1.165) is 35.6 Å². The predicted molar refractivity (Wildman–Crippen MR) is 110 cm³/mol. The molecule has 0 saturated carbocycles. The van der Waals surface area contributed by atoms with E-state index in [1.54, 1.807) is 11.3 Å². The molecular weight excluding hydrogens is 366 g/mol. The number of carbonyl (C=O) groups is 1. The summed E-state index contributed by atoms with van der Waals surface area (Å²) in [5, 5.41) is 7.46. The van der Waals surface area contributed by atoms with Crippen molar-refractivity contribution in [2.75, 3.05) is 11.9 Å². The van der Waals surface area contributed by atoms with Crippen molar-refractivity contribution in [1.29, 1.82) is 0 Å². The minimum Gasteiger partial charge on any atom is -0.326 e. The second-order valence-electron chi connectivity index (χ2n) is 6.49. The first-order valence-corrected chi connectivity index (χ1v) is 9.54. The van der Waals surface area contributed by atoms with Crippen molar-refractivity contribution in [3.63, 3.8) is 0 Å². The van der Waals surface area contributed by atoms with Crippen LogP contribution in [0.3, 0.4) is 0 Å². The number of aromatic nitrogens is 1. The van der Waals surface area contributed by atoms with E-state index < -0.39 is 0 Å². The molecule has 1 aliphatic heterocycles. The van der Waals surface area contributed by atoms with E-state index >= 15 is 0 Å². The third-order valence-electron chi connectivity index (χ3n) is 4.53. The van der Waals surface area contributed by atoms with Crippen molar-refractivity contribution in [2.24, 2.45) is 0 Å². The van der Waals surface area contributed by atoms with Gasteiger partial charge in [0.1, 0.15) is 0 Å². The van der Waals surface area contributed by atoms with Crippen LogP contribution in [0.15, 0.2) is 48.5 Å². The van der Waals surface area contributed by atoms with Gasteiger partial charge in [-0.2, -0.15) is 0 Å². The normalized spacial score (nSPS) is 16.4. The Bertz CT molecular complexity index is 839. The zero-order valence-corrected chi connectivity index (χ0v) is 16.0. The number of nitrogens with one attached hydrogen (secondary N) is 2. The van der Waals surface area contributed by atoms with E-state index in [-0.39, 0.29) is 18.3 Å². The molecule has 1 amide bonds. The van der Waals surface area contributed by atoms with Crippen LogP contribution in [-0.4, -0.2) is 23.5 Å². The number of thiazole rings is 1. The molecule has 0 aliphatic carbocycles. The molecule has 2 aromatic carbocycles. The average molecular weight is 388 g/mol. The summed E-state index contributed by atoms with van der Waals surface area (Å²) < 4.78 is 1.22. The molecule has 3 aromatic rings. The van der Waals surface area contributed by atoms with Crippen molar-refractivity contribution in [2.45, 2.75) is 31.7 Å². The van der Waals surface area contributed by atoms with Gasteiger partial charge in [-0.3, -0.25) is 4.79 Å². The monoisotopic (exact) mass is 387 g/mol. The lowest BCUT2D eigenvalue weighted by Gasteiger charge is -2.10. The minimum atomic E-state index is 0. The van der Waals surface area contributed by atoms with Crippen LogP contribution < -0.4 is 10.6 Å². The van der Waals surface area contributed by atoms with Gasteiger partial charge in [0.05, 0.1) is 15.2 Å². The third kappa shape index (κ3) is 4.61. The van der Waals surface area contributed by atoms with Gasteiger partial charge in [0, 0.05) is 24.6 Å². The quantitative estimate of drug-likeness (QED) is 0.682. The molecule has 2 N–H and O–H groups in total. The maximum atomic E-state index is 12.1. The molecular formula is C20H22ClN3OS. The Hall–Kier alpha value is -1.95. The topological polar surface area (TPSA) is 54.0 Å². The van der Waals surface area contributed by atoms with E-state index in [0.29, 0.717) is 12.5 Å². The van der Waals surface area contributed by atoms with Crippen molar-refractivity contribution in [3.05, 3.63) is 59.1 Å². The van der Waals surface area contributed by atoms with Crippen LogP contribution in [0, 0.1) is 0 Å². The first kappa shape index (κ1) is 18.8. The van der Waals surface area contributed by atoms with Crippen LogP contribution in [-0.2, 0) is 11.2 Å². The Kier molecular flexibility index (Phi) is 6.25. The van der Waals surface area contributed by atoms with E-state index in [4.69, 9.17) is 0 Å². The zero-order chi connectivity index (χ0) is 17.1. The van der Waals surface area contributed by atoms with Gasteiger partial charge in [-0.25, -0.2) is 4.98 Å². The van der Waals surface area contributed by atoms with Gasteiger partial charge in [0.15, 0.2) is 0 Å². The number of carbonyl (C=O) groups excluding carboxylic acids is 1. The Morgan fingerprint density at radius 3 is 2.73 bits per heavy atom. The van der Waals surface area contributed by atoms with Crippen LogP contribution in [0.5, 0.6) is 0 Å². The van der Waals surface area contributed by atoms with Crippen LogP contribution in [0.1, 0.15) is 29.8 Å². The third-order valence-corrected chi connectivity index (χ3v) is 5.56. The molecule has 1 fully saturated rings. The number of rotatable bonds is 5. The number of hydrogen-bond acceptors (Lipinski definition) is 4. The summed E-state index contributed by atoms with van der Waals surface area (Å²) in [7, 11) is 0. The molecule has 1 unspecified atom stereocenters. The van der Waals surface area contributed by atoms with Gasteiger partial charge in [-0.15, -0.1) is 23.7 Å². The van der Waals surface area contributed by atoms with E-state index in [1.807, 2.05) is 30.3 Å². The molecule has 0 spiro atoms. The fourth-order valence-electron chi connectivity index (χ4n) is 3.24. The first-order valence-electron chi connectivity index (χ1n) is 8.73. The molecule has 1 saturated heterocycles. The zero-order valence-electron chi connectivity index (χ0n) is 14.4. The Morgan fingerprint density at radius 2 is 2.00 bits per heavy atom. The van der Waals surface area contributed by atoms with Crippen LogP contribution in [0.2, 0.25) is 0 Å². The first-order chi connectivity index (χ1) is 12.3. The number of halogens is 1. The van der Waals surface area contributed by atoms with Crippen molar-refractivity contribution in [1.82, 2.24) is 10.3 Å². The Balaban J connectivity index is 0.00000196. The average Bonchev–Trinajstić information content (AvgIpc) is 3.25. The SMILES string of the molecule is Cl.O=C(CC1CCCN1)Nc1ccc(Cc2nc3ccccc3s2)cc1. The van der Waals surface area contributed by atoms with Crippen LogP contribution >= 0.6 is 23.7 Å². The summed E-state index contributed by atoms with van der Waals surface area (Å²) in [5.74, 6) is 0.0818. The summed E-state index contributed by atoms with van der Waals surface area (Å²) >= 11 is 1.74. The van der Waals surface area contributed by atoms with Gasteiger partial charge in [0.2, 0.25) is 5.91 Å². The maximum absolute atomic E-state index is 12.1. The van der Waals surface area contributed by atoms with Crippen LogP contribution in [0.25, 0.3) is 10.2 Å². The lowest BCUT2D eigenvalue weighted by atomic mass is 10.1. The summed E-state index contributed by atoms with van der Waals surface area (Å²) in [4.78, 5) is 16.8. The van der Waals surface area contributed by atoms with Gasteiger partial charge < -0.3 is 10.6 Å². The van der Waals surface area contributed by atoms with E-state index in [1.165, 1.54) is 16.7 Å². The highest BCUT2D eigenvalue weighted by Crippen LogP contribution is 2.24. The van der Waals surface area contributed by atoms with Gasteiger partial charge in [-0.1, -0.05) is 24.3 Å². The Morgan fingerprint density at radius 1 is 1.19 bits per heavy atom. The van der Waals surface area contributed by atoms with Crippen molar-refractivity contribution >= 4 is 45.6 Å². The second kappa shape index (κ2) is 8.62. The van der Waals surface area contributed by atoms with E-state index in [9.17, 15) is 4.79 Å². The summed E-state index contributed by atoms with van der Waals surface area (Å²) in [6.45, 7) is 1.03. The lowest BCUT2D eigenvalue weighted by molar-refractivity contribution is -0.116. The molecule has 4 nitrogen and oxygen atoms in total. The summed E-state index contributed by atoms with van der Waals surface area (Å²) in [5.41, 5.74) is 3.12. The summed E-state index contributed by atoms with van der Waals surface area (Å²) in [6.07, 6.45) is 3.62. The lowest BCUT2D eigenvalue weighted by Crippen LogP contribution is -2.27. The molecule has 0 radical (unpaired) electrons. The molecule has 4 rings (SSSR count). The van der Waals surface area contributed by atoms with Gasteiger partial charge in [0.25, 0.3) is 0 Å². The maximum Gasteiger partial charge on any atom is 0.225 e. The number of fused-ring (bicyclic) bond motifs is 1. The van der Waals surface area contributed by atoms with Crippen molar-refractivity contribution in [3.8, 4) is 0 Å². The number of nitrogens with zero attached hydrogens (tertiary/aromatic N) is 1. The molecule has 26 heavy (non-hydrogen) atoms. The molecule has 1 aliphatic rings. The molecule has 1 atom stereocenters. The fraction of sp³-hybridized carbons (Fsp3) is 0.300. The highest BCUT2D eigenvalue weighted by atomic mass is 35.5. The largest absolute Gasteiger partial charge is 0.326 e. The van der Waals surface area contributed by atoms with Gasteiger partial charge in [-0.05, 0) is 49.2 Å². The fourth-order valence-corrected chi connectivity index (χ4v) is 4.24. The summed E-state index contributed by atoms with van der Waals surface area (Å²) in [6, 6.07) is 16.6.